The molecule has 0 aromatic heterocycles. The highest BCUT2D eigenvalue weighted by Crippen LogP contribution is 2.18. The number of anilines is 1. The fourth-order valence-electron chi connectivity index (χ4n) is 1.56. The van der Waals surface area contributed by atoms with Gasteiger partial charge in [-0.25, -0.2) is 4.79 Å². The number of nitrogens with one attached hydrogen (secondary N) is 1. The number of carbonyl (C=O) groups is 2. The van der Waals surface area contributed by atoms with Crippen molar-refractivity contribution in [2.24, 2.45) is 0 Å². The highest BCUT2D eigenvalue weighted by atomic mass is 127. The number of benzene rings is 2. The van der Waals surface area contributed by atoms with Gasteiger partial charge in [0, 0.05) is 14.8 Å². The average molecular weight is 367 g/mol. The van der Waals surface area contributed by atoms with E-state index in [4.69, 9.17) is 5.11 Å². The summed E-state index contributed by atoms with van der Waals surface area (Å²) in [5.74, 6) is -1.28. The second-order valence-corrected chi connectivity index (χ2v) is 4.98. The topological polar surface area (TPSA) is 66.4 Å². The Hall–Kier alpha value is -1.89. The minimum atomic E-state index is -1.01. The number of hydrogen-bond donors (Lipinski definition) is 2. The van der Waals surface area contributed by atoms with E-state index in [1.807, 2.05) is 28.7 Å². The molecule has 0 saturated heterocycles. The molecule has 4 nitrogen and oxygen atoms in total. The SMILES string of the molecule is O=C(Nc1ccc(I)c(C(=O)O)c1)c1ccccc1. The molecule has 1 amide bonds. The lowest BCUT2D eigenvalue weighted by atomic mass is 10.2. The van der Waals surface area contributed by atoms with E-state index in [2.05, 4.69) is 5.32 Å². The fourth-order valence-corrected chi connectivity index (χ4v) is 2.13. The van der Waals surface area contributed by atoms with Gasteiger partial charge in [0.15, 0.2) is 0 Å². The van der Waals surface area contributed by atoms with Gasteiger partial charge in [0.1, 0.15) is 0 Å². The van der Waals surface area contributed by atoms with Crippen molar-refractivity contribution in [2.75, 3.05) is 5.32 Å². The first-order valence-corrected chi connectivity index (χ1v) is 6.55. The van der Waals surface area contributed by atoms with Crippen molar-refractivity contribution in [2.45, 2.75) is 0 Å². The summed E-state index contributed by atoms with van der Waals surface area (Å²) in [5.41, 5.74) is 1.16. The molecule has 5 heteroatoms. The van der Waals surface area contributed by atoms with Crippen LogP contribution in [0, 0.1) is 3.57 Å². The van der Waals surface area contributed by atoms with Crippen molar-refractivity contribution in [3.63, 3.8) is 0 Å². The molecule has 0 radical (unpaired) electrons. The molecule has 0 saturated carbocycles. The number of carboxylic acids is 1. The number of rotatable bonds is 3. The number of halogens is 1. The molecule has 0 fully saturated rings. The van der Waals surface area contributed by atoms with Gasteiger partial charge in [-0.05, 0) is 52.9 Å². The third-order valence-electron chi connectivity index (χ3n) is 2.49. The average Bonchev–Trinajstić information content (AvgIpc) is 2.41. The summed E-state index contributed by atoms with van der Waals surface area (Å²) in [4.78, 5) is 22.9. The molecule has 0 unspecified atom stereocenters. The van der Waals surface area contributed by atoms with Crippen LogP contribution in [0.25, 0.3) is 0 Å². The summed E-state index contributed by atoms with van der Waals surface area (Å²) < 4.78 is 0.628. The first-order chi connectivity index (χ1) is 9.08. The van der Waals surface area contributed by atoms with Crippen molar-refractivity contribution >= 4 is 40.2 Å². The Kier molecular flexibility index (Phi) is 4.16. The van der Waals surface area contributed by atoms with Gasteiger partial charge in [0.05, 0.1) is 5.56 Å². The maximum atomic E-state index is 11.9. The zero-order valence-corrected chi connectivity index (χ0v) is 11.9. The second kappa shape index (κ2) is 5.83. The van der Waals surface area contributed by atoms with Crippen LogP contribution in [0.5, 0.6) is 0 Å². The molecule has 19 heavy (non-hydrogen) atoms. The zero-order valence-electron chi connectivity index (χ0n) is 9.76. The molecule has 0 heterocycles. The number of hydrogen-bond acceptors (Lipinski definition) is 2. The van der Waals surface area contributed by atoms with Gasteiger partial charge >= 0.3 is 5.97 Å². The Labute approximate surface area is 123 Å². The Morgan fingerprint density at radius 1 is 1.05 bits per heavy atom. The monoisotopic (exact) mass is 367 g/mol. The molecule has 96 valence electrons. The van der Waals surface area contributed by atoms with Crippen LogP contribution in [0.3, 0.4) is 0 Å². The summed E-state index contributed by atoms with van der Waals surface area (Å²) in [5, 5.41) is 11.7. The largest absolute Gasteiger partial charge is 0.478 e. The maximum Gasteiger partial charge on any atom is 0.336 e. The third-order valence-corrected chi connectivity index (χ3v) is 3.43. The van der Waals surface area contributed by atoms with Gasteiger partial charge in [-0.15, -0.1) is 0 Å². The van der Waals surface area contributed by atoms with E-state index in [9.17, 15) is 9.59 Å². The summed E-state index contributed by atoms with van der Waals surface area (Å²) >= 11 is 1.94. The fraction of sp³-hybridized carbons (Fsp3) is 0. The second-order valence-electron chi connectivity index (χ2n) is 3.82. The molecule has 2 aromatic carbocycles. The number of carboxylic acid groups (broad SMARTS) is 1. The van der Waals surface area contributed by atoms with E-state index >= 15 is 0 Å². The molecule has 0 aliphatic rings. The quantitative estimate of drug-likeness (QED) is 0.819. The molecule has 0 aliphatic carbocycles. The van der Waals surface area contributed by atoms with Gasteiger partial charge < -0.3 is 10.4 Å². The molecule has 0 spiro atoms. The van der Waals surface area contributed by atoms with Gasteiger partial charge in [-0.2, -0.15) is 0 Å². The molecule has 0 bridgehead atoms. The van der Waals surface area contributed by atoms with Crippen LogP contribution < -0.4 is 5.32 Å². The number of amides is 1. The molecule has 0 atom stereocenters. The Morgan fingerprint density at radius 2 is 1.74 bits per heavy atom. The highest BCUT2D eigenvalue weighted by Gasteiger charge is 2.11. The minimum absolute atomic E-state index is 0.173. The lowest BCUT2D eigenvalue weighted by molar-refractivity contribution is 0.0695. The van der Waals surface area contributed by atoms with Crippen LogP contribution in [-0.4, -0.2) is 17.0 Å². The molecule has 2 N–H and O–H groups in total. The first-order valence-electron chi connectivity index (χ1n) is 5.47. The van der Waals surface area contributed by atoms with Crippen molar-refractivity contribution in [3.8, 4) is 0 Å². The van der Waals surface area contributed by atoms with Crippen LogP contribution in [-0.2, 0) is 0 Å². The van der Waals surface area contributed by atoms with E-state index in [0.717, 1.165) is 0 Å². The van der Waals surface area contributed by atoms with E-state index in [1.54, 1.807) is 36.4 Å². The van der Waals surface area contributed by atoms with E-state index < -0.39 is 5.97 Å². The Bertz CT molecular complexity index is 626. The van der Waals surface area contributed by atoms with Gasteiger partial charge in [-0.3, -0.25) is 4.79 Å². The highest BCUT2D eigenvalue weighted by molar-refractivity contribution is 14.1. The third kappa shape index (κ3) is 3.31. The van der Waals surface area contributed by atoms with Gasteiger partial charge in [0.25, 0.3) is 5.91 Å². The number of carbonyl (C=O) groups excluding carboxylic acids is 1. The molecule has 2 rings (SSSR count). The van der Waals surface area contributed by atoms with Crippen molar-refractivity contribution in [1.29, 1.82) is 0 Å². The summed E-state index contributed by atoms with van der Waals surface area (Å²) in [6.45, 7) is 0. The molecular formula is C14H10INO3. The van der Waals surface area contributed by atoms with Crippen molar-refractivity contribution in [3.05, 3.63) is 63.2 Å². The smallest absolute Gasteiger partial charge is 0.336 e. The minimum Gasteiger partial charge on any atom is -0.478 e. The summed E-state index contributed by atoms with van der Waals surface area (Å²) in [6.07, 6.45) is 0. The Balaban J connectivity index is 2.23. The molecule has 0 aliphatic heterocycles. The number of aromatic carboxylic acids is 1. The van der Waals surface area contributed by atoms with E-state index in [0.29, 0.717) is 14.8 Å². The van der Waals surface area contributed by atoms with E-state index in [1.165, 1.54) is 6.07 Å². The summed E-state index contributed by atoms with van der Waals surface area (Å²) in [7, 11) is 0. The lowest BCUT2D eigenvalue weighted by Crippen LogP contribution is -2.12. The van der Waals surface area contributed by atoms with Crippen LogP contribution in [0.1, 0.15) is 20.7 Å². The first kappa shape index (κ1) is 13.5. The normalized spacial score (nSPS) is 9.95. The van der Waals surface area contributed by atoms with Crippen LogP contribution >= 0.6 is 22.6 Å². The summed E-state index contributed by atoms with van der Waals surface area (Å²) in [6, 6.07) is 13.5. The van der Waals surface area contributed by atoms with Crippen molar-refractivity contribution in [1.82, 2.24) is 0 Å². The van der Waals surface area contributed by atoms with Crippen LogP contribution in [0.4, 0.5) is 5.69 Å². The van der Waals surface area contributed by atoms with Crippen molar-refractivity contribution < 1.29 is 14.7 Å². The molecule has 2 aromatic rings. The Morgan fingerprint density at radius 3 is 2.37 bits per heavy atom. The van der Waals surface area contributed by atoms with Crippen LogP contribution in [0.15, 0.2) is 48.5 Å². The molecular weight excluding hydrogens is 357 g/mol. The standard InChI is InChI=1S/C14H10INO3/c15-12-7-6-10(8-11(12)14(18)19)16-13(17)9-4-2-1-3-5-9/h1-8H,(H,16,17)(H,18,19). The van der Waals surface area contributed by atoms with Gasteiger partial charge in [-0.1, -0.05) is 18.2 Å². The van der Waals surface area contributed by atoms with Gasteiger partial charge in [0.2, 0.25) is 0 Å². The van der Waals surface area contributed by atoms with E-state index in [-0.39, 0.29) is 11.5 Å². The maximum absolute atomic E-state index is 11.9. The predicted molar refractivity (Wildman–Crippen MR) is 80.5 cm³/mol. The van der Waals surface area contributed by atoms with Crippen LogP contribution in [0.2, 0.25) is 0 Å². The lowest BCUT2D eigenvalue weighted by Gasteiger charge is -2.07. The zero-order chi connectivity index (χ0) is 13.8. The predicted octanol–water partition coefficient (Wildman–Crippen LogP) is 3.24.